The van der Waals surface area contributed by atoms with E-state index in [-0.39, 0.29) is 19.6 Å². The summed E-state index contributed by atoms with van der Waals surface area (Å²) in [7, 11) is 0. The Morgan fingerprint density at radius 2 is 1.06 bits per heavy atom. The summed E-state index contributed by atoms with van der Waals surface area (Å²) >= 11 is 0. The lowest BCUT2D eigenvalue weighted by atomic mass is 9.97. The average molecular weight is 635 g/mol. The molecule has 0 aliphatic carbocycles. The van der Waals surface area contributed by atoms with E-state index in [4.69, 9.17) is 34.8 Å². The van der Waals surface area contributed by atoms with Crippen LogP contribution in [0.25, 0.3) is 0 Å². The third kappa shape index (κ3) is 10.9. The van der Waals surface area contributed by atoms with Crippen molar-refractivity contribution in [2.75, 3.05) is 6.61 Å². The Kier molecular flexibility index (Phi) is 13.6. The summed E-state index contributed by atoms with van der Waals surface area (Å²) in [6, 6.07) is 39.6. The second-order valence-electron chi connectivity index (χ2n) is 11.4. The van der Waals surface area contributed by atoms with Crippen molar-refractivity contribution in [3.63, 3.8) is 0 Å². The summed E-state index contributed by atoms with van der Waals surface area (Å²) in [5.41, 5.74) is 3.98. The van der Waals surface area contributed by atoms with Gasteiger partial charge >= 0.3 is 5.97 Å². The predicted octanol–water partition coefficient (Wildman–Crippen LogP) is 7.03. The number of carbonyl (C=O) groups excluding carboxylic acids is 1. The number of benzene rings is 4. The molecule has 4 aromatic carbocycles. The molecule has 0 amide bonds. The monoisotopic (exact) mass is 634 g/mol. The van der Waals surface area contributed by atoms with Gasteiger partial charge in [0, 0.05) is 12.8 Å². The molecule has 0 radical (unpaired) electrons. The minimum atomic E-state index is -1.07. The molecule has 0 bridgehead atoms. The summed E-state index contributed by atoms with van der Waals surface area (Å²) in [6.45, 7) is 1.42. The van der Waals surface area contributed by atoms with Gasteiger partial charge < -0.3 is 28.4 Å². The first-order valence-corrected chi connectivity index (χ1v) is 16.1. The normalized spacial score (nSPS) is 20.7. The molecule has 1 aliphatic heterocycles. The topological polar surface area (TPSA) is 72.5 Å². The number of hydrogen-bond donors (Lipinski definition) is 0. The van der Waals surface area contributed by atoms with Crippen LogP contribution >= 0.6 is 0 Å². The predicted molar refractivity (Wildman–Crippen MR) is 179 cm³/mol. The fraction of sp³-hybridized carbons (Fsp3) is 0.325. The van der Waals surface area contributed by atoms with Gasteiger partial charge in [-0.15, -0.1) is 12.3 Å². The highest BCUT2D eigenvalue weighted by atomic mass is 16.7. The lowest BCUT2D eigenvalue weighted by Crippen LogP contribution is -2.62. The van der Waals surface area contributed by atoms with Crippen LogP contribution in [0.4, 0.5) is 0 Å². The molecular formula is C40H42O7. The molecule has 244 valence electrons. The van der Waals surface area contributed by atoms with E-state index in [1.54, 1.807) is 0 Å². The number of hydrogen-bond acceptors (Lipinski definition) is 7. The molecule has 4 aromatic rings. The molecule has 0 unspecified atom stereocenters. The summed E-state index contributed by atoms with van der Waals surface area (Å²) in [5.74, 6) is 2.15. The number of ether oxygens (including phenoxy) is 6. The van der Waals surface area contributed by atoms with Crippen molar-refractivity contribution in [3.05, 3.63) is 144 Å². The van der Waals surface area contributed by atoms with Gasteiger partial charge in [0.1, 0.15) is 24.4 Å². The quantitative estimate of drug-likeness (QED) is 0.0702. The summed E-state index contributed by atoms with van der Waals surface area (Å²) in [4.78, 5) is 13.1. The molecule has 5 rings (SSSR count). The van der Waals surface area contributed by atoms with Crippen LogP contribution in [0, 0.1) is 12.3 Å². The Morgan fingerprint density at radius 3 is 1.55 bits per heavy atom. The highest BCUT2D eigenvalue weighted by Crippen LogP contribution is 2.32. The number of esters is 1. The van der Waals surface area contributed by atoms with Crippen LogP contribution < -0.4 is 0 Å². The van der Waals surface area contributed by atoms with Gasteiger partial charge in [-0.3, -0.25) is 4.79 Å². The molecule has 47 heavy (non-hydrogen) atoms. The zero-order valence-corrected chi connectivity index (χ0v) is 26.5. The SMILES string of the molecule is C#CCCCC(=O)O[C@@H]1O[C@H](COCc2ccccc2)[C@@H](OCc2ccccc2)[C@H](OCc2ccccc2)[C@H]1OCc1ccccc1. The number of unbranched alkanes of at least 4 members (excludes halogenated alkanes) is 1. The lowest BCUT2D eigenvalue weighted by molar-refractivity contribution is -0.320. The van der Waals surface area contributed by atoms with E-state index in [1.165, 1.54) is 0 Å². The van der Waals surface area contributed by atoms with Crippen LogP contribution in [-0.2, 0) is 59.6 Å². The number of carbonyl (C=O) groups is 1. The van der Waals surface area contributed by atoms with Gasteiger partial charge in [-0.05, 0) is 28.7 Å². The van der Waals surface area contributed by atoms with Crippen molar-refractivity contribution in [1.82, 2.24) is 0 Å². The molecule has 0 saturated carbocycles. The van der Waals surface area contributed by atoms with Crippen LogP contribution in [-0.4, -0.2) is 43.3 Å². The van der Waals surface area contributed by atoms with E-state index in [0.29, 0.717) is 32.7 Å². The molecule has 1 saturated heterocycles. The summed E-state index contributed by atoms with van der Waals surface area (Å²) in [5, 5.41) is 0. The minimum absolute atomic E-state index is 0.161. The van der Waals surface area contributed by atoms with Crippen molar-refractivity contribution in [1.29, 1.82) is 0 Å². The summed E-state index contributed by atoms with van der Waals surface area (Å²) < 4.78 is 38.5. The number of rotatable bonds is 17. The van der Waals surface area contributed by atoms with Crippen molar-refractivity contribution in [2.24, 2.45) is 0 Å². The van der Waals surface area contributed by atoms with E-state index in [0.717, 1.165) is 22.3 Å². The Balaban J connectivity index is 1.44. The highest BCUT2D eigenvalue weighted by Gasteiger charge is 2.50. The molecule has 1 heterocycles. The molecule has 1 aliphatic rings. The van der Waals surface area contributed by atoms with Crippen LogP contribution in [0.5, 0.6) is 0 Å². The molecule has 7 nitrogen and oxygen atoms in total. The van der Waals surface area contributed by atoms with Crippen LogP contribution in [0.1, 0.15) is 41.5 Å². The molecule has 1 fully saturated rings. The van der Waals surface area contributed by atoms with E-state index >= 15 is 0 Å². The second kappa shape index (κ2) is 18.8. The molecule has 5 atom stereocenters. The van der Waals surface area contributed by atoms with E-state index < -0.39 is 36.7 Å². The van der Waals surface area contributed by atoms with Crippen LogP contribution in [0.2, 0.25) is 0 Å². The zero-order valence-electron chi connectivity index (χ0n) is 26.5. The van der Waals surface area contributed by atoms with Crippen LogP contribution in [0.3, 0.4) is 0 Å². The smallest absolute Gasteiger partial charge is 0.308 e. The maximum Gasteiger partial charge on any atom is 0.308 e. The van der Waals surface area contributed by atoms with Crippen molar-refractivity contribution in [2.45, 2.75) is 76.4 Å². The van der Waals surface area contributed by atoms with E-state index in [9.17, 15) is 4.79 Å². The molecule has 0 spiro atoms. The van der Waals surface area contributed by atoms with Crippen molar-refractivity contribution in [3.8, 4) is 12.3 Å². The standard InChI is InChI=1S/C40H42O7/c1-2-3-8-25-36(41)47-40-39(45-29-34-23-15-7-16-24-34)38(44-28-33-21-13-6-14-22-33)37(43-27-32-19-11-5-12-20-32)35(46-40)30-42-26-31-17-9-4-10-18-31/h1,4-7,9-24,35,37-40H,3,8,25-30H2/t35-,37-,38+,39-,40+/m1/s1. The molecule has 7 heteroatoms. The zero-order chi connectivity index (χ0) is 32.5. The minimum Gasteiger partial charge on any atom is -0.433 e. The van der Waals surface area contributed by atoms with E-state index in [1.807, 2.05) is 121 Å². The van der Waals surface area contributed by atoms with Gasteiger partial charge in [-0.1, -0.05) is 121 Å². The third-order valence-electron chi connectivity index (χ3n) is 7.79. The highest BCUT2D eigenvalue weighted by molar-refractivity contribution is 5.69. The summed E-state index contributed by atoms with van der Waals surface area (Å²) in [6.07, 6.45) is 2.76. The van der Waals surface area contributed by atoms with Crippen molar-refractivity contribution < 1.29 is 33.2 Å². The molecular weight excluding hydrogens is 592 g/mol. The third-order valence-corrected chi connectivity index (χ3v) is 7.79. The first kappa shape index (κ1) is 34.1. The maximum absolute atomic E-state index is 13.1. The Hall–Kier alpha value is -4.29. The Labute approximate surface area is 277 Å². The fourth-order valence-electron chi connectivity index (χ4n) is 5.37. The first-order valence-electron chi connectivity index (χ1n) is 16.1. The maximum atomic E-state index is 13.1. The lowest BCUT2D eigenvalue weighted by Gasteiger charge is -2.45. The van der Waals surface area contributed by atoms with E-state index in [2.05, 4.69) is 5.92 Å². The Bertz CT molecular complexity index is 1490. The average Bonchev–Trinajstić information content (AvgIpc) is 3.11. The largest absolute Gasteiger partial charge is 0.433 e. The molecule has 0 N–H and O–H groups in total. The van der Waals surface area contributed by atoms with Gasteiger partial charge in [-0.2, -0.15) is 0 Å². The van der Waals surface area contributed by atoms with Crippen molar-refractivity contribution >= 4 is 5.97 Å². The van der Waals surface area contributed by atoms with Gasteiger partial charge in [0.15, 0.2) is 0 Å². The first-order chi connectivity index (χ1) is 23.2. The van der Waals surface area contributed by atoms with Gasteiger partial charge in [0.25, 0.3) is 0 Å². The second-order valence-corrected chi connectivity index (χ2v) is 11.4. The van der Waals surface area contributed by atoms with Gasteiger partial charge in [0.05, 0.1) is 33.0 Å². The van der Waals surface area contributed by atoms with Gasteiger partial charge in [0.2, 0.25) is 6.29 Å². The molecule has 0 aromatic heterocycles. The Morgan fingerprint density at radius 1 is 0.617 bits per heavy atom. The van der Waals surface area contributed by atoms with Gasteiger partial charge in [-0.25, -0.2) is 0 Å². The fourth-order valence-corrected chi connectivity index (χ4v) is 5.37. The van der Waals surface area contributed by atoms with Crippen LogP contribution in [0.15, 0.2) is 121 Å². The number of terminal acetylenes is 1.